The monoisotopic (exact) mass is 265 g/mol. The summed E-state index contributed by atoms with van der Waals surface area (Å²) in [5, 5.41) is 10.5. The summed E-state index contributed by atoms with van der Waals surface area (Å²) < 4.78 is 0. The van der Waals surface area contributed by atoms with Crippen LogP contribution in [0, 0.1) is 5.92 Å². The van der Waals surface area contributed by atoms with Crippen LogP contribution in [0.2, 0.25) is 0 Å². The number of amides is 1. The molecule has 3 rings (SSSR count). The number of hydrogen-bond donors (Lipinski definition) is 1. The molecule has 3 unspecified atom stereocenters. The maximum absolute atomic E-state index is 12.6. The molecule has 3 atom stereocenters. The van der Waals surface area contributed by atoms with E-state index < -0.39 is 5.60 Å². The van der Waals surface area contributed by atoms with E-state index in [2.05, 4.69) is 11.8 Å². The van der Waals surface area contributed by atoms with Crippen LogP contribution < -0.4 is 0 Å². The Hall–Kier alpha value is -0.570. The van der Waals surface area contributed by atoms with Crippen molar-refractivity contribution in [3.8, 4) is 0 Å². The first-order valence-corrected chi connectivity index (χ1v) is 8.13. The molecule has 1 heterocycles. The van der Waals surface area contributed by atoms with E-state index >= 15 is 0 Å². The summed E-state index contributed by atoms with van der Waals surface area (Å²) in [6.07, 6.45) is 10.4. The zero-order chi connectivity index (χ0) is 13.5. The lowest BCUT2D eigenvalue weighted by molar-refractivity contribution is -0.139. The van der Waals surface area contributed by atoms with Crippen molar-refractivity contribution < 1.29 is 9.90 Å². The summed E-state index contributed by atoms with van der Waals surface area (Å²) in [5.41, 5.74) is -0.691. The summed E-state index contributed by atoms with van der Waals surface area (Å²) in [6.45, 7) is 2.19. The molecule has 1 amide bonds. The second-order valence-corrected chi connectivity index (χ2v) is 7.11. The zero-order valence-corrected chi connectivity index (χ0v) is 12.1. The number of likely N-dealkylation sites (tertiary alicyclic amines) is 1. The third-order valence-corrected chi connectivity index (χ3v) is 5.65. The van der Waals surface area contributed by atoms with Crippen molar-refractivity contribution >= 4 is 5.91 Å². The third-order valence-electron chi connectivity index (χ3n) is 5.65. The van der Waals surface area contributed by atoms with Crippen molar-refractivity contribution in [1.82, 2.24) is 4.90 Å². The Morgan fingerprint density at radius 1 is 1.21 bits per heavy atom. The van der Waals surface area contributed by atoms with Crippen LogP contribution >= 0.6 is 0 Å². The van der Waals surface area contributed by atoms with Gasteiger partial charge in [0.15, 0.2) is 0 Å². The molecule has 0 radical (unpaired) electrons. The maximum atomic E-state index is 12.6. The predicted molar refractivity (Wildman–Crippen MR) is 74.7 cm³/mol. The maximum Gasteiger partial charge on any atom is 0.225 e. The summed E-state index contributed by atoms with van der Waals surface area (Å²) in [5.74, 6) is 0.942. The molecule has 108 valence electrons. The Morgan fingerprint density at radius 3 is 2.63 bits per heavy atom. The van der Waals surface area contributed by atoms with Crippen molar-refractivity contribution in [1.29, 1.82) is 0 Å². The van der Waals surface area contributed by atoms with Gasteiger partial charge in [0.2, 0.25) is 5.91 Å². The van der Waals surface area contributed by atoms with Gasteiger partial charge in [0.05, 0.1) is 12.0 Å². The van der Waals surface area contributed by atoms with Crippen LogP contribution in [0.5, 0.6) is 0 Å². The van der Waals surface area contributed by atoms with Gasteiger partial charge in [-0.1, -0.05) is 25.7 Å². The number of fused-ring (bicyclic) bond motifs is 1. The molecule has 2 aliphatic carbocycles. The Bertz CT molecular complexity index is 349. The van der Waals surface area contributed by atoms with Gasteiger partial charge in [0, 0.05) is 12.1 Å². The predicted octanol–water partition coefficient (Wildman–Crippen LogP) is 2.86. The van der Waals surface area contributed by atoms with Crippen LogP contribution in [0.3, 0.4) is 0 Å². The number of nitrogens with zero attached hydrogens (tertiary/aromatic N) is 1. The molecule has 19 heavy (non-hydrogen) atoms. The minimum Gasteiger partial charge on any atom is -0.389 e. The molecule has 1 saturated heterocycles. The standard InChI is InChI=1S/C16H27NO2/c1-12-10-13-6-2-3-7-14(13)17(12)15(18)11-16(19)8-4-5-9-16/h12-14,19H,2-11H2,1H3. The van der Waals surface area contributed by atoms with E-state index in [1.165, 1.54) is 32.1 Å². The normalized spacial score (nSPS) is 37.4. The summed E-state index contributed by atoms with van der Waals surface area (Å²) in [6, 6.07) is 0.854. The second kappa shape index (κ2) is 5.08. The molecule has 3 aliphatic rings. The van der Waals surface area contributed by atoms with Gasteiger partial charge in [-0.3, -0.25) is 4.79 Å². The first-order valence-electron chi connectivity index (χ1n) is 8.13. The number of carbonyl (C=O) groups excluding carboxylic acids is 1. The van der Waals surface area contributed by atoms with Gasteiger partial charge in [-0.25, -0.2) is 0 Å². The molecule has 3 fully saturated rings. The van der Waals surface area contributed by atoms with E-state index in [1.807, 2.05) is 0 Å². The van der Waals surface area contributed by atoms with Crippen LogP contribution in [-0.4, -0.2) is 33.6 Å². The number of carbonyl (C=O) groups is 1. The van der Waals surface area contributed by atoms with E-state index in [0.717, 1.165) is 31.6 Å². The summed E-state index contributed by atoms with van der Waals surface area (Å²) in [4.78, 5) is 14.8. The molecule has 0 bridgehead atoms. The molecule has 0 spiro atoms. The fourth-order valence-corrected chi connectivity index (χ4v) is 4.72. The molecule has 0 aromatic rings. The van der Waals surface area contributed by atoms with E-state index in [-0.39, 0.29) is 5.91 Å². The average Bonchev–Trinajstić information content (AvgIpc) is 2.91. The van der Waals surface area contributed by atoms with Gasteiger partial charge in [-0.15, -0.1) is 0 Å². The molecule has 0 aromatic carbocycles. The lowest BCUT2D eigenvalue weighted by atomic mass is 9.84. The molecule has 1 aliphatic heterocycles. The molecule has 2 saturated carbocycles. The molecule has 3 nitrogen and oxygen atoms in total. The molecule has 1 N–H and O–H groups in total. The minimum atomic E-state index is -0.691. The highest BCUT2D eigenvalue weighted by Gasteiger charge is 2.44. The molecule has 3 heteroatoms. The van der Waals surface area contributed by atoms with E-state index in [4.69, 9.17) is 0 Å². The fraction of sp³-hybridized carbons (Fsp3) is 0.938. The first-order chi connectivity index (χ1) is 9.09. The highest BCUT2D eigenvalue weighted by atomic mass is 16.3. The molecule has 0 aromatic heterocycles. The SMILES string of the molecule is CC1CC2CCCCC2N1C(=O)CC1(O)CCCC1. The van der Waals surface area contributed by atoms with Gasteiger partial charge in [-0.2, -0.15) is 0 Å². The Balaban J connectivity index is 1.68. The largest absolute Gasteiger partial charge is 0.389 e. The van der Waals surface area contributed by atoms with Crippen molar-refractivity contribution in [3.05, 3.63) is 0 Å². The molecular formula is C16H27NO2. The van der Waals surface area contributed by atoms with E-state index in [9.17, 15) is 9.90 Å². The van der Waals surface area contributed by atoms with Crippen molar-refractivity contribution in [2.24, 2.45) is 5.92 Å². The van der Waals surface area contributed by atoms with Crippen molar-refractivity contribution in [3.63, 3.8) is 0 Å². The summed E-state index contributed by atoms with van der Waals surface area (Å²) >= 11 is 0. The van der Waals surface area contributed by atoms with E-state index in [0.29, 0.717) is 18.5 Å². The van der Waals surface area contributed by atoms with Gasteiger partial charge in [0.1, 0.15) is 0 Å². The summed E-state index contributed by atoms with van der Waals surface area (Å²) in [7, 11) is 0. The highest BCUT2D eigenvalue weighted by Crippen LogP contribution is 2.41. The van der Waals surface area contributed by atoms with Crippen molar-refractivity contribution in [2.75, 3.05) is 0 Å². The smallest absolute Gasteiger partial charge is 0.225 e. The van der Waals surface area contributed by atoms with Gasteiger partial charge in [-0.05, 0) is 44.9 Å². The third kappa shape index (κ3) is 2.54. The zero-order valence-electron chi connectivity index (χ0n) is 12.1. The van der Waals surface area contributed by atoms with Crippen LogP contribution in [0.15, 0.2) is 0 Å². The van der Waals surface area contributed by atoms with Crippen molar-refractivity contribution in [2.45, 2.75) is 88.8 Å². The number of aliphatic hydroxyl groups is 1. The van der Waals surface area contributed by atoms with Gasteiger partial charge >= 0.3 is 0 Å². The fourth-order valence-electron chi connectivity index (χ4n) is 4.72. The Morgan fingerprint density at radius 2 is 1.89 bits per heavy atom. The highest BCUT2D eigenvalue weighted by molar-refractivity contribution is 5.78. The van der Waals surface area contributed by atoms with Crippen LogP contribution in [0.4, 0.5) is 0 Å². The van der Waals surface area contributed by atoms with Crippen LogP contribution in [-0.2, 0) is 4.79 Å². The van der Waals surface area contributed by atoms with Gasteiger partial charge < -0.3 is 10.0 Å². The lowest BCUT2D eigenvalue weighted by Crippen LogP contribution is -2.45. The second-order valence-electron chi connectivity index (χ2n) is 7.11. The topological polar surface area (TPSA) is 40.5 Å². The minimum absolute atomic E-state index is 0.214. The van der Waals surface area contributed by atoms with Crippen LogP contribution in [0.1, 0.15) is 71.1 Å². The first kappa shape index (κ1) is 13.4. The molecular weight excluding hydrogens is 238 g/mol. The number of rotatable bonds is 2. The van der Waals surface area contributed by atoms with Crippen LogP contribution in [0.25, 0.3) is 0 Å². The number of hydrogen-bond acceptors (Lipinski definition) is 2. The van der Waals surface area contributed by atoms with Gasteiger partial charge in [0.25, 0.3) is 0 Å². The average molecular weight is 265 g/mol. The lowest BCUT2D eigenvalue weighted by Gasteiger charge is -2.35. The Kier molecular flexibility index (Phi) is 3.59. The quantitative estimate of drug-likeness (QED) is 0.834. The van der Waals surface area contributed by atoms with E-state index in [1.54, 1.807) is 0 Å². The Labute approximate surface area is 116 Å².